The number of nitrogens with one attached hydrogen (secondary N) is 1. The van der Waals surface area contributed by atoms with E-state index in [2.05, 4.69) is 5.32 Å². The van der Waals surface area contributed by atoms with Crippen molar-refractivity contribution < 1.29 is 19.5 Å². The van der Waals surface area contributed by atoms with Crippen molar-refractivity contribution in [1.82, 2.24) is 10.2 Å². The summed E-state index contributed by atoms with van der Waals surface area (Å²) in [6.07, 6.45) is 0.0708. The summed E-state index contributed by atoms with van der Waals surface area (Å²) in [5.41, 5.74) is 0.477. The Morgan fingerprint density at radius 2 is 1.95 bits per heavy atom. The van der Waals surface area contributed by atoms with Gasteiger partial charge in [0.15, 0.2) is 5.11 Å². The second-order valence-corrected chi connectivity index (χ2v) is 5.45. The normalized spacial score (nSPS) is 21.5. The molecule has 0 unspecified atom stereocenters. The van der Waals surface area contributed by atoms with Crippen molar-refractivity contribution in [2.75, 3.05) is 18.0 Å². The van der Waals surface area contributed by atoms with Gasteiger partial charge >= 0.3 is 5.97 Å². The number of carboxylic acids is 1. The summed E-state index contributed by atoms with van der Waals surface area (Å²) < 4.78 is 0. The number of carbonyl (C=O) groups excluding carboxylic acids is 2. The molecular formula is C14H13N3O4S. The molecule has 2 aliphatic rings. The van der Waals surface area contributed by atoms with Crippen LogP contribution in [-0.4, -0.2) is 52.0 Å². The molecule has 0 aromatic heterocycles. The number of benzene rings is 1. The van der Waals surface area contributed by atoms with Crippen LogP contribution in [0.4, 0.5) is 5.69 Å². The van der Waals surface area contributed by atoms with Gasteiger partial charge < -0.3 is 15.3 Å². The number of rotatable bonds is 3. The Balaban J connectivity index is 1.85. The largest absolute Gasteiger partial charge is 0.478 e. The monoisotopic (exact) mass is 319 g/mol. The van der Waals surface area contributed by atoms with Crippen LogP contribution in [0.15, 0.2) is 24.3 Å². The van der Waals surface area contributed by atoms with E-state index in [1.807, 2.05) is 0 Å². The molecule has 1 atom stereocenters. The van der Waals surface area contributed by atoms with Crippen molar-refractivity contribution in [3.63, 3.8) is 0 Å². The predicted octanol–water partition coefficient (Wildman–Crippen LogP) is 0.207. The van der Waals surface area contributed by atoms with Gasteiger partial charge in [-0.25, -0.2) is 9.69 Å². The molecule has 2 heterocycles. The topological polar surface area (TPSA) is 89.9 Å². The Morgan fingerprint density at radius 1 is 1.27 bits per heavy atom. The van der Waals surface area contributed by atoms with Gasteiger partial charge in [0.2, 0.25) is 5.91 Å². The zero-order chi connectivity index (χ0) is 15.9. The SMILES string of the molecule is O=C(O)c1ccc(N2C(=O)C[C@H](N3CCNC3=S)C2=O)cc1. The van der Waals surface area contributed by atoms with Crippen LogP contribution in [0.2, 0.25) is 0 Å². The van der Waals surface area contributed by atoms with Crippen LogP contribution < -0.4 is 10.2 Å². The van der Waals surface area contributed by atoms with E-state index in [1.54, 1.807) is 4.90 Å². The molecule has 2 aliphatic heterocycles. The van der Waals surface area contributed by atoms with E-state index < -0.39 is 12.0 Å². The van der Waals surface area contributed by atoms with Crippen LogP contribution >= 0.6 is 12.2 Å². The smallest absolute Gasteiger partial charge is 0.335 e. The van der Waals surface area contributed by atoms with Crippen LogP contribution in [0.3, 0.4) is 0 Å². The van der Waals surface area contributed by atoms with Gasteiger partial charge in [0, 0.05) is 13.1 Å². The highest BCUT2D eigenvalue weighted by Crippen LogP contribution is 2.26. The molecule has 1 aromatic rings. The average molecular weight is 319 g/mol. The highest BCUT2D eigenvalue weighted by Gasteiger charge is 2.44. The van der Waals surface area contributed by atoms with E-state index in [0.29, 0.717) is 23.9 Å². The number of thiocarbonyl (C=S) groups is 1. The Bertz CT molecular complexity index is 673. The number of hydrogen-bond donors (Lipinski definition) is 2. The van der Waals surface area contributed by atoms with Gasteiger partial charge in [0.1, 0.15) is 6.04 Å². The zero-order valence-electron chi connectivity index (χ0n) is 11.5. The van der Waals surface area contributed by atoms with E-state index in [0.717, 1.165) is 4.90 Å². The fourth-order valence-electron chi connectivity index (χ4n) is 2.67. The highest BCUT2D eigenvalue weighted by atomic mass is 32.1. The fraction of sp³-hybridized carbons (Fsp3) is 0.286. The molecule has 7 nitrogen and oxygen atoms in total. The molecule has 0 saturated carbocycles. The van der Waals surface area contributed by atoms with Crippen LogP contribution in [-0.2, 0) is 9.59 Å². The Morgan fingerprint density at radius 3 is 2.50 bits per heavy atom. The molecule has 0 aliphatic carbocycles. The lowest BCUT2D eigenvalue weighted by Gasteiger charge is -2.22. The Kier molecular flexibility index (Phi) is 3.53. The molecular weight excluding hydrogens is 306 g/mol. The lowest BCUT2D eigenvalue weighted by Crippen LogP contribution is -2.43. The highest BCUT2D eigenvalue weighted by molar-refractivity contribution is 7.80. The van der Waals surface area contributed by atoms with E-state index >= 15 is 0 Å². The number of carboxylic acid groups (broad SMARTS) is 1. The van der Waals surface area contributed by atoms with E-state index in [-0.39, 0.29) is 23.8 Å². The first-order chi connectivity index (χ1) is 10.5. The first-order valence-electron chi connectivity index (χ1n) is 6.73. The average Bonchev–Trinajstić information content (AvgIpc) is 3.02. The third-order valence-electron chi connectivity index (χ3n) is 3.76. The van der Waals surface area contributed by atoms with Crippen LogP contribution in [0.25, 0.3) is 0 Å². The summed E-state index contributed by atoms with van der Waals surface area (Å²) >= 11 is 5.14. The first-order valence-corrected chi connectivity index (χ1v) is 7.14. The molecule has 2 fully saturated rings. The molecule has 1 aromatic carbocycles. The molecule has 2 amide bonds. The summed E-state index contributed by atoms with van der Waals surface area (Å²) in [6.45, 7) is 1.25. The number of amides is 2. The standard InChI is InChI=1S/C14H13N3O4S/c18-11-7-10(16-6-5-15-14(16)22)12(19)17(11)9-3-1-8(2-4-9)13(20)21/h1-4,10H,5-7H2,(H,15,22)(H,20,21)/t10-/m0/s1. The molecule has 3 rings (SSSR count). The van der Waals surface area contributed by atoms with Crippen molar-refractivity contribution in [2.24, 2.45) is 0 Å². The number of nitrogens with zero attached hydrogens (tertiary/aromatic N) is 2. The molecule has 114 valence electrons. The number of imide groups is 1. The Labute approximate surface area is 131 Å². The molecule has 2 saturated heterocycles. The minimum absolute atomic E-state index is 0.0708. The van der Waals surface area contributed by atoms with Gasteiger partial charge in [-0.1, -0.05) is 0 Å². The van der Waals surface area contributed by atoms with Gasteiger partial charge in [-0.2, -0.15) is 0 Å². The first kappa shape index (κ1) is 14.5. The van der Waals surface area contributed by atoms with Crippen molar-refractivity contribution >= 4 is 40.8 Å². The second kappa shape index (κ2) is 5.38. The fourth-order valence-corrected chi connectivity index (χ4v) is 2.99. The van der Waals surface area contributed by atoms with Gasteiger partial charge in [-0.05, 0) is 36.5 Å². The quantitative estimate of drug-likeness (QED) is 0.608. The van der Waals surface area contributed by atoms with Crippen molar-refractivity contribution in [2.45, 2.75) is 12.5 Å². The zero-order valence-corrected chi connectivity index (χ0v) is 12.3. The summed E-state index contributed by atoms with van der Waals surface area (Å²) in [4.78, 5) is 38.4. The number of anilines is 1. The maximum Gasteiger partial charge on any atom is 0.335 e. The van der Waals surface area contributed by atoms with Crippen molar-refractivity contribution in [1.29, 1.82) is 0 Å². The predicted molar refractivity (Wildman–Crippen MR) is 81.6 cm³/mol. The van der Waals surface area contributed by atoms with Crippen LogP contribution in [0.5, 0.6) is 0 Å². The minimum Gasteiger partial charge on any atom is -0.478 e. The van der Waals surface area contributed by atoms with Crippen molar-refractivity contribution in [3.05, 3.63) is 29.8 Å². The van der Waals surface area contributed by atoms with Crippen LogP contribution in [0, 0.1) is 0 Å². The number of aromatic carboxylic acids is 1. The lowest BCUT2D eigenvalue weighted by atomic mass is 10.2. The molecule has 0 bridgehead atoms. The third-order valence-corrected chi connectivity index (χ3v) is 4.14. The van der Waals surface area contributed by atoms with E-state index in [9.17, 15) is 14.4 Å². The Hall–Kier alpha value is -2.48. The van der Waals surface area contributed by atoms with Gasteiger partial charge in [-0.15, -0.1) is 0 Å². The van der Waals surface area contributed by atoms with Gasteiger partial charge in [-0.3, -0.25) is 9.59 Å². The van der Waals surface area contributed by atoms with Crippen LogP contribution in [0.1, 0.15) is 16.8 Å². The third kappa shape index (κ3) is 2.31. The van der Waals surface area contributed by atoms with Crippen molar-refractivity contribution in [3.8, 4) is 0 Å². The molecule has 0 spiro atoms. The molecule has 22 heavy (non-hydrogen) atoms. The maximum absolute atomic E-state index is 12.5. The second-order valence-electron chi connectivity index (χ2n) is 5.06. The molecule has 2 N–H and O–H groups in total. The minimum atomic E-state index is -1.06. The summed E-state index contributed by atoms with van der Waals surface area (Å²) in [5, 5.41) is 12.3. The number of carbonyl (C=O) groups is 3. The van der Waals surface area contributed by atoms with E-state index in [1.165, 1.54) is 24.3 Å². The van der Waals surface area contributed by atoms with Gasteiger partial charge in [0.05, 0.1) is 17.7 Å². The van der Waals surface area contributed by atoms with Gasteiger partial charge in [0.25, 0.3) is 5.91 Å². The summed E-state index contributed by atoms with van der Waals surface area (Å²) in [7, 11) is 0. The molecule has 0 radical (unpaired) electrons. The lowest BCUT2D eigenvalue weighted by molar-refractivity contribution is -0.122. The molecule has 8 heteroatoms. The summed E-state index contributed by atoms with van der Waals surface area (Å²) in [5.74, 6) is -1.70. The number of hydrogen-bond acceptors (Lipinski definition) is 4. The van der Waals surface area contributed by atoms with E-state index in [4.69, 9.17) is 17.3 Å². The summed E-state index contributed by atoms with van der Waals surface area (Å²) in [6, 6.07) is 5.07. The maximum atomic E-state index is 12.5.